The lowest BCUT2D eigenvalue weighted by Gasteiger charge is -2.39. The van der Waals surface area contributed by atoms with Crippen LogP contribution < -0.4 is 14.5 Å². The van der Waals surface area contributed by atoms with Gasteiger partial charge in [0.15, 0.2) is 0 Å². The number of hydrogen-bond acceptors (Lipinski definition) is 9. The van der Waals surface area contributed by atoms with Gasteiger partial charge in [-0.15, -0.1) is 0 Å². The molecule has 1 aromatic heterocycles. The number of benzene rings is 2. The third kappa shape index (κ3) is 5.09. The second-order valence-corrected chi connectivity index (χ2v) is 11.3. The summed E-state index contributed by atoms with van der Waals surface area (Å²) in [5.74, 6) is 1.26. The number of hydrogen-bond donors (Lipinski definition) is 2. The van der Waals surface area contributed by atoms with Gasteiger partial charge in [-0.2, -0.15) is 9.97 Å². The van der Waals surface area contributed by atoms with E-state index in [2.05, 4.69) is 40.5 Å². The minimum absolute atomic E-state index is 0.312. The van der Waals surface area contributed by atoms with E-state index in [9.17, 15) is 10.2 Å². The van der Waals surface area contributed by atoms with Crippen molar-refractivity contribution in [1.82, 2.24) is 19.8 Å². The molecule has 0 amide bonds. The largest absolute Gasteiger partial charge is 0.508 e. The van der Waals surface area contributed by atoms with Gasteiger partial charge in [-0.25, -0.2) is 0 Å². The van der Waals surface area contributed by atoms with E-state index in [1.165, 1.54) is 12.0 Å². The highest BCUT2D eigenvalue weighted by Gasteiger charge is 2.30. The molecule has 9 heteroatoms. The topological polar surface area (TPSA) is 88.4 Å². The molecule has 0 bridgehead atoms. The molecule has 0 spiro atoms. The highest BCUT2D eigenvalue weighted by molar-refractivity contribution is 5.97. The maximum Gasteiger partial charge on any atom is 0.318 e. The number of aromatic hydroxyl groups is 1. The highest BCUT2D eigenvalue weighted by atomic mass is 16.5. The summed E-state index contributed by atoms with van der Waals surface area (Å²) in [5.41, 5.74) is 4.09. The average molecular weight is 545 g/mol. The molecule has 2 N–H and O–H groups in total. The number of likely N-dealkylation sites (N-methyl/N-ethyl adjacent to an activating group) is 1. The highest BCUT2D eigenvalue weighted by Crippen LogP contribution is 2.39. The van der Waals surface area contributed by atoms with Crippen LogP contribution in [0.4, 0.5) is 11.5 Å². The van der Waals surface area contributed by atoms with E-state index in [-0.39, 0.29) is 0 Å². The summed E-state index contributed by atoms with van der Waals surface area (Å²) in [6.07, 6.45) is 4.07. The van der Waals surface area contributed by atoms with Gasteiger partial charge in [0.05, 0.1) is 17.9 Å². The third-order valence-electron chi connectivity index (χ3n) is 8.86. The molecule has 0 saturated carbocycles. The van der Waals surface area contributed by atoms with E-state index in [4.69, 9.17) is 14.7 Å². The molecular formula is C31H40N6O3. The smallest absolute Gasteiger partial charge is 0.318 e. The molecule has 2 atom stereocenters. The fourth-order valence-corrected chi connectivity index (χ4v) is 6.44. The standard InChI is InChI=1S/C31H40N6O3/c1-4-28(39)35-14-16-36(17-15-35)30-25-11-13-37(29-21(2)27(38)18-22-8-5-6-10-24(22)29)19-26(25)32-31(33-30)40-20-23-9-7-12-34(23)3/h4-6,8,10,18,23,28,38-39H,1,7,9,11-17,19-20H2,2-3H3/t23-,28?/m0/s1. The van der Waals surface area contributed by atoms with Crippen LogP contribution in [0.25, 0.3) is 10.8 Å². The van der Waals surface area contributed by atoms with Crippen molar-refractivity contribution in [2.75, 3.05) is 62.7 Å². The Balaban J connectivity index is 1.33. The van der Waals surface area contributed by atoms with Crippen molar-refractivity contribution in [2.45, 2.75) is 45.0 Å². The number of anilines is 2. The van der Waals surface area contributed by atoms with Gasteiger partial charge in [-0.3, -0.25) is 4.90 Å². The monoisotopic (exact) mass is 544 g/mol. The number of aliphatic hydroxyl groups is 1. The maximum absolute atomic E-state index is 10.7. The first-order valence-electron chi connectivity index (χ1n) is 14.4. The average Bonchev–Trinajstić information content (AvgIpc) is 3.40. The predicted octanol–water partition coefficient (Wildman–Crippen LogP) is 3.31. The summed E-state index contributed by atoms with van der Waals surface area (Å²) in [6.45, 7) is 11.8. The minimum Gasteiger partial charge on any atom is -0.508 e. The Morgan fingerprint density at radius 3 is 2.65 bits per heavy atom. The Morgan fingerprint density at radius 2 is 1.90 bits per heavy atom. The minimum atomic E-state index is -0.627. The van der Waals surface area contributed by atoms with E-state index < -0.39 is 6.23 Å². The number of aliphatic hydroxyl groups excluding tert-OH is 1. The first-order chi connectivity index (χ1) is 19.4. The molecule has 6 rings (SSSR count). The quantitative estimate of drug-likeness (QED) is 0.435. The molecule has 9 nitrogen and oxygen atoms in total. The Bertz CT molecular complexity index is 1390. The molecule has 3 aliphatic heterocycles. The Hall–Kier alpha value is -3.40. The van der Waals surface area contributed by atoms with Gasteiger partial charge in [0, 0.05) is 55.3 Å². The summed E-state index contributed by atoms with van der Waals surface area (Å²) in [7, 11) is 2.15. The molecule has 0 aliphatic carbocycles. The van der Waals surface area contributed by atoms with Gasteiger partial charge in [-0.05, 0) is 57.3 Å². The zero-order chi connectivity index (χ0) is 27.8. The molecule has 1 unspecified atom stereocenters. The zero-order valence-corrected chi connectivity index (χ0v) is 23.6. The normalized spacial score (nSPS) is 21.0. The number of nitrogens with zero attached hydrogens (tertiary/aromatic N) is 6. The van der Waals surface area contributed by atoms with Crippen molar-refractivity contribution >= 4 is 22.3 Å². The van der Waals surface area contributed by atoms with Crippen LogP contribution in [0.5, 0.6) is 11.8 Å². The van der Waals surface area contributed by atoms with Crippen LogP contribution in [0.2, 0.25) is 0 Å². The summed E-state index contributed by atoms with van der Waals surface area (Å²) < 4.78 is 6.28. The van der Waals surface area contributed by atoms with Crippen molar-refractivity contribution in [3.8, 4) is 11.8 Å². The Kier molecular flexibility index (Phi) is 7.53. The molecule has 2 fully saturated rings. The Labute approximate surface area is 236 Å². The SMILES string of the molecule is C=CC(O)N1CCN(c2nc(OC[C@@H]3CCCN3C)nc3c2CCN(c2c(C)c(O)cc4ccccc24)C3)CC1. The number of fused-ring (bicyclic) bond motifs is 2. The van der Waals surface area contributed by atoms with Gasteiger partial charge in [0.25, 0.3) is 0 Å². The van der Waals surface area contributed by atoms with Gasteiger partial charge < -0.3 is 29.6 Å². The van der Waals surface area contributed by atoms with Gasteiger partial charge in [0.2, 0.25) is 0 Å². The van der Waals surface area contributed by atoms with E-state index in [0.29, 0.717) is 31.0 Å². The van der Waals surface area contributed by atoms with Gasteiger partial charge in [0.1, 0.15) is 24.4 Å². The number of aromatic nitrogens is 2. The second-order valence-electron chi connectivity index (χ2n) is 11.3. The number of phenolic OH excluding ortho intramolecular Hbond substituents is 1. The molecule has 3 aromatic rings. The van der Waals surface area contributed by atoms with Crippen molar-refractivity contribution in [1.29, 1.82) is 0 Å². The number of likely N-dealkylation sites (tertiary alicyclic amines) is 1. The van der Waals surface area contributed by atoms with Gasteiger partial charge >= 0.3 is 6.01 Å². The molecule has 2 aromatic carbocycles. The van der Waals surface area contributed by atoms with Gasteiger partial charge in [-0.1, -0.05) is 30.8 Å². The number of rotatable bonds is 7. The van der Waals surface area contributed by atoms with E-state index in [0.717, 1.165) is 85.6 Å². The molecule has 0 radical (unpaired) electrons. The molecule has 2 saturated heterocycles. The molecular weight excluding hydrogens is 504 g/mol. The van der Waals surface area contributed by atoms with Crippen LogP contribution in [0.15, 0.2) is 43.0 Å². The number of phenols is 1. The lowest BCUT2D eigenvalue weighted by molar-refractivity contribution is 0.0379. The Morgan fingerprint density at radius 1 is 1.10 bits per heavy atom. The second kappa shape index (κ2) is 11.2. The van der Waals surface area contributed by atoms with E-state index in [1.54, 1.807) is 6.08 Å². The lowest BCUT2D eigenvalue weighted by Crippen LogP contribution is -2.50. The lowest BCUT2D eigenvalue weighted by atomic mass is 9.99. The molecule has 3 aliphatic rings. The fraction of sp³-hybridized carbons (Fsp3) is 0.484. The van der Waals surface area contributed by atoms with Crippen LogP contribution in [0.1, 0.15) is 29.7 Å². The number of ether oxygens (including phenoxy) is 1. The summed E-state index contributed by atoms with van der Waals surface area (Å²) in [6, 6.07) is 10.9. The third-order valence-corrected chi connectivity index (χ3v) is 8.86. The predicted molar refractivity (Wildman–Crippen MR) is 158 cm³/mol. The molecule has 212 valence electrons. The van der Waals surface area contributed by atoms with Crippen LogP contribution in [-0.2, 0) is 13.0 Å². The van der Waals surface area contributed by atoms with Crippen molar-refractivity contribution in [3.63, 3.8) is 0 Å². The first-order valence-corrected chi connectivity index (χ1v) is 14.4. The van der Waals surface area contributed by atoms with Crippen molar-refractivity contribution in [3.05, 3.63) is 59.8 Å². The first kappa shape index (κ1) is 26.8. The fourth-order valence-electron chi connectivity index (χ4n) is 6.44. The van der Waals surface area contributed by atoms with E-state index >= 15 is 0 Å². The molecule has 4 heterocycles. The summed E-state index contributed by atoms with van der Waals surface area (Å²) in [4.78, 5) is 19.0. The maximum atomic E-state index is 10.7. The van der Waals surface area contributed by atoms with Crippen LogP contribution in [0.3, 0.4) is 0 Å². The summed E-state index contributed by atoms with van der Waals surface area (Å²) in [5, 5.41) is 23.1. The summed E-state index contributed by atoms with van der Waals surface area (Å²) >= 11 is 0. The van der Waals surface area contributed by atoms with Crippen molar-refractivity contribution in [2.24, 2.45) is 0 Å². The number of piperazine rings is 1. The van der Waals surface area contributed by atoms with Crippen LogP contribution >= 0.6 is 0 Å². The molecule has 40 heavy (non-hydrogen) atoms. The van der Waals surface area contributed by atoms with Crippen LogP contribution in [-0.4, -0.2) is 95.2 Å². The van der Waals surface area contributed by atoms with Crippen molar-refractivity contribution < 1.29 is 14.9 Å². The van der Waals surface area contributed by atoms with Crippen LogP contribution in [0, 0.1) is 6.92 Å². The van der Waals surface area contributed by atoms with E-state index in [1.807, 2.05) is 30.0 Å². The zero-order valence-electron chi connectivity index (χ0n) is 23.6.